The van der Waals surface area contributed by atoms with Crippen LogP contribution in [0.4, 0.5) is 5.69 Å². The normalized spacial score (nSPS) is 10.2. The van der Waals surface area contributed by atoms with Crippen molar-refractivity contribution in [2.75, 3.05) is 18.0 Å². The minimum absolute atomic E-state index is 0.0428. The molecule has 0 saturated heterocycles. The van der Waals surface area contributed by atoms with Crippen LogP contribution < -0.4 is 10.2 Å². The molecule has 1 N–H and O–H groups in total. The molecule has 0 radical (unpaired) electrons. The molecule has 24 heavy (non-hydrogen) atoms. The highest BCUT2D eigenvalue weighted by Gasteiger charge is 2.17. The molecule has 0 fully saturated rings. The van der Waals surface area contributed by atoms with Crippen LogP contribution in [0.5, 0.6) is 0 Å². The van der Waals surface area contributed by atoms with Crippen molar-refractivity contribution < 1.29 is 9.59 Å². The number of carbonyl (C=O) groups excluding carboxylic acids is 2. The number of amides is 2. The zero-order valence-electron chi connectivity index (χ0n) is 14.3. The molecule has 0 aromatic heterocycles. The van der Waals surface area contributed by atoms with Crippen LogP contribution in [-0.2, 0) is 22.4 Å². The first kappa shape index (κ1) is 17.7. The van der Waals surface area contributed by atoms with Crippen molar-refractivity contribution in [3.63, 3.8) is 0 Å². The fourth-order valence-corrected chi connectivity index (χ4v) is 2.63. The van der Waals surface area contributed by atoms with E-state index in [1.54, 1.807) is 0 Å². The number of hydrogen-bond donors (Lipinski definition) is 1. The number of para-hydroxylation sites is 1. The molecule has 2 aromatic carbocycles. The van der Waals surface area contributed by atoms with E-state index in [1.165, 1.54) is 17.4 Å². The van der Waals surface area contributed by atoms with Gasteiger partial charge in [0.05, 0.1) is 0 Å². The van der Waals surface area contributed by atoms with E-state index < -0.39 is 0 Å². The number of anilines is 1. The van der Waals surface area contributed by atoms with Gasteiger partial charge in [0.2, 0.25) is 11.8 Å². The van der Waals surface area contributed by atoms with E-state index in [9.17, 15) is 9.59 Å². The largest absolute Gasteiger partial charge is 0.354 e. The van der Waals surface area contributed by atoms with Gasteiger partial charge in [0.15, 0.2) is 0 Å². The van der Waals surface area contributed by atoms with Crippen LogP contribution in [0.1, 0.15) is 25.0 Å². The summed E-state index contributed by atoms with van der Waals surface area (Å²) in [7, 11) is 0. The van der Waals surface area contributed by atoms with Gasteiger partial charge in [-0.25, -0.2) is 0 Å². The third-order valence-electron chi connectivity index (χ3n) is 3.92. The Bertz CT molecular complexity index is 683. The van der Waals surface area contributed by atoms with Crippen molar-refractivity contribution in [3.8, 4) is 0 Å². The van der Waals surface area contributed by atoms with Crippen LogP contribution in [0, 0.1) is 0 Å². The van der Waals surface area contributed by atoms with Crippen LogP contribution >= 0.6 is 0 Å². The average Bonchev–Trinajstić information content (AvgIpc) is 2.60. The topological polar surface area (TPSA) is 49.4 Å². The fraction of sp³-hybridized carbons (Fsp3) is 0.300. The first-order valence-corrected chi connectivity index (χ1v) is 8.28. The van der Waals surface area contributed by atoms with Gasteiger partial charge in [-0.15, -0.1) is 0 Å². The summed E-state index contributed by atoms with van der Waals surface area (Å²) >= 11 is 0. The number of aryl methyl sites for hydroxylation is 1. The molecule has 4 nitrogen and oxygen atoms in total. The van der Waals surface area contributed by atoms with E-state index in [2.05, 4.69) is 5.32 Å². The van der Waals surface area contributed by atoms with Gasteiger partial charge in [0, 0.05) is 19.2 Å². The molecule has 0 unspecified atom stereocenters. The SMILES string of the molecule is CCc1ccccc1N(CC(=O)NCCc1ccccc1)C(C)=O. The van der Waals surface area contributed by atoms with Crippen LogP contribution in [0.3, 0.4) is 0 Å². The predicted molar refractivity (Wildman–Crippen MR) is 97.0 cm³/mol. The highest BCUT2D eigenvalue weighted by atomic mass is 16.2. The minimum atomic E-state index is -0.146. The zero-order valence-corrected chi connectivity index (χ0v) is 14.3. The summed E-state index contributed by atoms with van der Waals surface area (Å²) in [5, 5.41) is 2.89. The highest BCUT2D eigenvalue weighted by Crippen LogP contribution is 2.20. The maximum Gasteiger partial charge on any atom is 0.240 e. The van der Waals surface area contributed by atoms with E-state index >= 15 is 0 Å². The number of hydrogen-bond acceptors (Lipinski definition) is 2. The van der Waals surface area contributed by atoms with E-state index in [-0.39, 0.29) is 18.4 Å². The third-order valence-corrected chi connectivity index (χ3v) is 3.92. The number of benzene rings is 2. The van der Waals surface area contributed by atoms with Crippen LogP contribution in [0.2, 0.25) is 0 Å². The van der Waals surface area contributed by atoms with Crippen LogP contribution in [0.25, 0.3) is 0 Å². The van der Waals surface area contributed by atoms with Gasteiger partial charge in [-0.2, -0.15) is 0 Å². The van der Waals surface area contributed by atoms with Crippen molar-refractivity contribution >= 4 is 17.5 Å². The third kappa shape index (κ3) is 4.95. The first-order chi connectivity index (χ1) is 11.6. The number of nitrogens with zero attached hydrogens (tertiary/aromatic N) is 1. The van der Waals surface area contributed by atoms with E-state index in [4.69, 9.17) is 0 Å². The summed E-state index contributed by atoms with van der Waals surface area (Å²) in [5.41, 5.74) is 3.05. The van der Waals surface area contributed by atoms with Gasteiger partial charge in [0.1, 0.15) is 6.54 Å². The van der Waals surface area contributed by atoms with Gasteiger partial charge in [0.25, 0.3) is 0 Å². The lowest BCUT2D eigenvalue weighted by atomic mass is 10.1. The number of nitrogens with one attached hydrogen (secondary N) is 1. The lowest BCUT2D eigenvalue weighted by Crippen LogP contribution is -2.40. The Morgan fingerprint density at radius 2 is 1.67 bits per heavy atom. The van der Waals surface area contributed by atoms with Crippen molar-refractivity contribution in [2.24, 2.45) is 0 Å². The lowest BCUT2D eigenvalue weighted by molar-refractivity contribution is -0.123. The van der Waals surface area contributed by atoms with Crippen LogP contribution in [0.15, 0.2) is 54.6 Å². The molecule has 0 saturated carbocycles. The second-order valence-electron chi connectivity index (χ2n) is 5.67. The van der Waals surface area contributed by atoms with Crippen molar-refractivity contribution in [3.05, 3.63) is 65.7 Å². The lowest BCUT2D eigenvalue weighted by Gasteiger charge is -2.23. The smallest absolute Gasteiger partial charge is 0.240 e. The van der Waals surface area contributed by atoms with Gasteiger partial charge >= 0.3 is 0 Å². The summed E-state index contributed by atoms with van der Waals surface area (Å²) in [5.74, 6) is -0.277. The highest BCUT2D eigenvalue weighted by molar-refractivity contribution is 5.98. The molecule has 0 heterocycles. The molecule has 0 spiro atoms. The second kappa shape index (κ2) is 8.87. The van der Waals surface area contributed by atoms with E-state index in [0.717, 1.165) is 24.1 Å². The first-order valence-electron chi connectivity index (χ1n) is 8.28. The minimum Gasteiger partial charge on any atom is -0.354 e. The Morgan fingerprint density at radius 1 is 1.00 bits per heavy atom. The average molecular weight is 324 g/mol. The predicted octanol–water partition coefficient (Wildman–Crippen LogP) is 2.96. The van der Waals surface area contributed by atoms with Gasteiger partial charge in [-0.1, -0.05) is 55.5 Å². The van der Waals surface area contributed by atoms with Crippen molar-refractivity contribution in [1.29, 1.82) is 0 Å². The number of rotatable bonds is 7. The summed E-state index contributed by atoms with van der Waals surface area (Å²) in [6.07, 6.45) is 1.59. The molecule has 0 aliphatic heterocycles. The molecule has 0 atom stereocenters. The number of carbonyl (C=O) groups is 2. The van der Waals surface area contributed by atoms with E-state index in [1.807, 2.05) is 61.5 Å². The Hall–Kier alpha value is -2.62. The molecule has 2 amide bonds. The molecular weight excluding hydrogens is 300 g/mol. The summed E-state index contributed by atoms with van der Waals surface area (Å²) in [4.78, 5) is 25.7. The molecular formula is C20H24N2O2. The standard InChI is InChI=1S/C20H24N2O2/c1-3-18-11-7-8-12-19(18)22(16(2)23)15-20(24)21-14-13-17-9-5-4-6-10-17/h4-12H,3,13-15H2,1-2H3,(H,21,24). The maximum atomic E-state index is 12.2. The van der Waals surface area contributed by atoms with Crippen molar-refractivity contribution in [2.45, 2.75) is 26.7 Å². The quantitative estimate of drug-likeness (QED) is 0.851. The van der Waals surface area contributed by atoms with Crippen LogP contribution in [-0.4, -0.2) is 24.9 Å². The molecule has 0 bridgehead atoms. The molecule has 2 aromatic rings. The second-order valence-corrected chi connectivity index (χ2v) is 5.67. The van der Waals surface area contributed by atoms with Gasteiger partial charge in [-0.05, 0) is 30.0 Å². The summed E-state index contributed by atoms with van der Waals surface area (Å²) in [6.45, 7) is 4.13. The van der Waals surface area contributed by atoms with Crippen molar-refractivity contribution in [1.82, 2.24) is 5.32 Å². The molecule has 0 aliphatic rings. The van der Waals surface area contributed by atoms with Gasteiger partial charge in [-0.3, -0.25) is 9.59 Å². The fourth-order valence-electron chi connectivity index (χ4n) is 2.63. The Labute approximate surface area is 143 Å². The zero-order chi connectivity index (χ0) is 17.4. The maximum absolute atomic E-state index is 12.2. The van der Waals surface area contributed by atoms with E-state index in [0.29, 0.717) is 6.54 Å². The Balaban J connectivity index is 1.95. The summed E-state index contributed by atoms with van der Waals surface area (Å²) < 4.78 is 0. The molecule has 0 aliphatic carbocycles. The molecule has 2 rings (SSSR count). The molecule has 4 heteroatoms. The Kier molecular flexibility index (Phi) is 6.55. The van der Waals surface area contributed by atoms with Gasteiger partial charge < -0.3 is 10.2 Å². The monoisotopic (exact) mass is 324 g/mol. The summed E-state index contributed by atoms with van der Waals surface area (Å²) in [6, 6.07) is 17.7. The molecule has 126 valence electrons. The Morgan fingerprint density at radius 3 is 2.33 bits per heavy atom.